The third kappa shape index (κ3) is 1.96. The van der Waals surface area contributed by atoms with Crippen LogP contribution >= 0.6 is 11.6 Å². The maximum Gasteiger partial charge on any atom is 0.241 e. The molecule has 0 radical (unpaired) electrons. The summed E-state index contributed by atoms with van der Waals surface area (Å²) in [6.07, 6.45) is 0. The van der Waals surface area contributed by atoms with E-state index in [1.807, 2.05) is 0 Å². The van der Waals surface area contributed by atoms with Gasteiger partial charge in [-0.15, -0.1) is 0 Å². The van der Waals surface area contributed by atoms with Crippen molar-refractivity contribution in [1.29, 1.82) is 0 Å². The van der Waals surface area contributed by atoms with Gasteiger partial charge < -0.3 is 0 Å². The molecule has 13 heavy (non-hydrogen) atoms. The van der Waals surface area contributed by atoms with E-state index in [1.54, 1.807) is 0 Å². The van der Waals surface area contributed by atoms with E-state index in [0.717, 1.165) is 6.07 Å². The lowest BCUT2D eigenvalue weighted by molar-refractivity contribution is 0.550. The standard InChI is InChI=1S/C6H4ClF2NO2S/c7-5-3(8)1-2-4(6(5)9)13(10,11)12/h1-2H,(H2,10,11,12). The SMILES string of the molecule is NS(=O)(=O)c1ccc(F)c(Cl)c1F. The molecule has 7 heteroatoms. The molecule has 1 aromatic carbocycles. The third-order valence-electron chi connectivity index (χ3n) is 1.31. The molecular formula is C6H4ClF2NO2S. The van der Waals surface area contributed by atoms with Crippen LogP contribution in [-0.2, 0) is 10.0 Å². The molecule has 0 spiro atoms. The van der Waals surface area contributed by atoms with E-state index in [1.165, 1.54) is 0 Å². The average molecular weight is 228 g/mol. The molecule has 0 heterocycles. The predicted molar refractivity (Wildman–Crippen MR) is 42.7 cm³/mol. The van der Waals surface area contributed by atoms with E-state index in [4.69, 9.17) is 11.6 Å². The zero-order valence-electron chi connectivity index (χ0n) is 6.09. The smallest absolute Gasteiger partial charge is 0.225 e. The normalized spacial score (nSPS) is 11.7. The van der Waals surface area contributed by atoms with Crippen LogP contribution in [0.1, 0.15) is 0 Å². The monoisotopic (exact) mass is 227 g/mol. The lowest BCUT2D eigenvalue weighted by Gasteiger charge is -2.01. The Balaban J connectivity index is 3.53. The van der Waals surface area contributed by atoms with Gasteiger partial charge in [0.25, 0.3) is 0 Å². The number of rotatable bonds is 1. The van der Waals surface area contributed by atoms with Crippen LogP contribution in [-0.4, -0.2) is 8.42 Å². The van der Waals surface area contributed by atoms with Crippen molar-refractivity contribution in [1.82, 2.24) is 0 Å². The molecule has 0 aliphatic rings. The minimum absolute atomic E-state index is 0.714. The van der Waals surface area contributed by atoms with Gasteiger partial charge in [0.2, 0.25) is 10.0 Å². The maximum absolute atomic E-state index is 12.9. The van der Waals surface area contributed by atoms with Crippen molar-refractivity contribution in [2.75, 3.05) is 0 Å². The highest BCUT2D eigenvalue weighted by Gasteiger charge is 2.19. The summed E-state index contributed by atoms with van der Waals surface area (Å²) in [6.45, 7) is 0. The van der Waals surface area contributed by atoms with Gasteiger partial charge in [-0.3, -0.25) is 0 Å². The van der Waals surface area contributed by atoms with Crippen LogP contribution in [0.4, 0.5) is 8.78 Å². The van der Waals surface area contributed by atoms with E-state index in [9.17, 15) is 17.2 Å². The number of sulfonamides is 1. The van der Waals surface area contributed by atoms with Crippen molar-refractivity contribution in [2.45, 2.75) is 4.90 Å². The molecule has 1 rings (SSSR count). The number of benzene rings is 1. The largest absolute Gasteiger partial charge is 0.241 e. The molecule has 2 N–H and O–H groups in total. The van der Waals surface area contributed by atoms with Crippen LogP contribution in [0.5, 0.6) is 0 Å². The first-order chi connectivity index (χ1) is 5.84. The third-order valence-corrected chi connectivity index (χ3v) is 2.58. The van der Waals surface area contributed by atoms with E-state index >= 15 is 0 Å². The van der Waals surface area contributed by atoms with Crippen molar-refractivity contribution in [3.05, 3.63) is 28.8 Å². The fraction of sp³-hybridized carbons (Fsp3) is 0. The summed E-state index contributed by atoms with van der Waals surface area (Å²) in [6, 6.07) is 1.44. The van der Waals surface area contributed by atoms with Crippen LogP contribution in [0, 0.1) is 11.6 Å². The van der Waals surface area contributed by atoms with Crippen molar-refractivity contribution in [3.8, 4) is 0 Å². The van der Waals surface area contributed by atoms with Crippen LogP contribution in [0.15, 0.2) is 17.0 Å². The summed E-state index contributed by atoms with van der Waals surface area (Å²) in [5.74, 6) is -2.41. The van der Waals surface area contributed by atoms with Gasteiger partial charge in [-0.2, -0.15) is 0 Å². The second kappa shape index (κ2) is 3.21. The summed E-state index contributed by atoms with van der Waals surface area (Å²) >= 11 is 5.12. The summed E-state index contributed by atoms with van der Waals surface area (Å²) in [7, 11) is -4.20. The predicted octanol–water partition coefficient (Wildman–Crippen LogP) is 1.27. The Bertz CT molecular complexity index is 446. The zero-order valence-corrected chi connectivity index (χ0v) is 7.66. The molecule has 1 aromatic rings. The van der Waals surface area contributed by atoms with E-state index in [-0.39, 0.29) is 0 Å². The molecule has 0 saturated heterocycles. The Labute approximate surface area is 78.2 Å². The molecule has 0 aliphatic carbocycles. The fourth-order valence-electron chi connectivity index (χ4n) is 0.728. The molecule has 0 fully saturated rings. The van der Waals surface area contributed by atoms with Crippen molar-refractivity contribution in [3.63, 3.8) is 0 Å². The van der Waals surface area contributed by atoms with Gasteiger partial charge in [0.15, 0.2) is 5.82 Å². The molecule has 0 amide bonds. The highest BCUT2D eigenvalue weighted by molar-refractivity contribution is 7.89. The second-order valence-electron chi connectivity index (χ2n) is 2.22. The van der Waals surface area contributed by atoms with Gasteiger partial charge in [-0.1, -0.05) is 11.6 Å². The van der Waals surface area contributed by atoms with E-state index in [2.05, 4.69) is 5.14 Å². The number of primary sulfonamides is 1. The lowest BCUT2D eigenvalue weighted by Crippen LogP contribution is -2.14. The lowest BCUT2D eigenvalue weighted by atomic mass is 10.3. The number of halogens is 3. The minimum atomic E-state index is -4.20. The van der Waals surface area contributed by atoms with Gasteiger partial charge in [0, 0.05) is 0 Å². The van der Waals surface area contributed by atoms with Gasteiger partial charge >= 0.3 is 0 Å². The first-order valence-electron chi connectivity index (χ1n) is 3.00. The molecule has 72 valence electrons. The Morgan fingerprint density at radius 2 is 1.85 bits per heavy atom. The molecule has 0 aromatic heterocycles. The van der Waals surface area contributed by atoms with Crippen molar-refractivity contribution < 1.29 is 17.2 Å². The van der Waals surface area contributed by atoms with Gasteiger partial charge in [-0.05, 0) is 12.1 Å². The number of hydrogen-bond acceptors (Lipinski definition) is 2. The first kappa shape index (κ1) is 10.4. The van der Waals surface area contributed by atoms with Crippen LogP contribution in [0.3, 0.4) is 0 Å². The highest BCUT2D eigenvalue weighted by Crippen LogP contribution is 2.23. The molecule has 0 aliphatic heterocycles. The second-order valence-corrected chi connectivity index (χ2v) is 4.13. The summed E-state index contributed by atoms with van der Waals surface area (Å²) in [5, 5.41) is 3.74. The topological polar surface area (TPSA) is 60.2 Å². The molecule has 0 bridgehead atoms. The Morgan fingerprint density at radius 3 is 2.31 bits per heavy atom. The molecule has 0 saturated carbocycles. The van der Waals surface area contributed by atoms with E-state index < -0.39 is 31.6 Å². The summed E-state index contributed by atoms with van der Waals surface area (Å²) in [5.41, 5.74) is 0. The number of nitrogens with two attached hydrogens (primary N) is 1. The van der Waals surface area contributed by atoms with Gasteiger partial charge in [-0.25, -0.2) is 22.3 Å². The maximum atomic E-state index is 12.9. The molecule has 3 nitrogen and oxygen atoms in total. The van der Waals surface area contributed by atoms with Gasteiger partial charge in [0.05, 0.1) is 0 Å². The number of hydrogen-bond donors (Lipinski definition) is 1. The quantitative estimate of drug-likeness (QED) is 0.735. The summed E-state index contributed by atoms with van der Waals surface area (Å²) < 4.78 is 46.8. The Hall–Kier alpha value is -0.720. The van der Waals surface area contributed by atoms with Crippen molar-refractivity contribution >= 4 is 21.6 Å². The summed E-state index contributed by atoms with van der Waals surface area (Å²) in [4.78, 5) is -0.820. The van der Waals surface area contributed by atoms with Crippen LogP contribution < -0.4 is 5.14 Å². The van der Waals surface area contributed by atoms with Gasteiger partial charge in [0.1, 0.15) is 15.7 Å². The molecular weight excluding hydrogens is 224 g/mol. The van der Waals surface area contributed by atoms with Crippen molar-refractivity contribution in [2.24, 2.45) is 5.14 Å². The molecule has 0 atom stereocenters. The Kier molecular flexibility index (Phi) is 2.56. The van der Waals surface area contributed by atoms with E-state index in [0.29, 0.717) is 6.07 Å². The zero-order chi connectivity index (χ0) is 10.2. The average Bonchev–Trinajstić information content (AvgIpc) is 1.98. The van der Waals surface area contributed by atoms with Crippen LogP contribution in [0.2, 0.25) is 5.02 Å². The fourth-order valence-corrected chi connectivity index (χ4v) is 1.56. The minimum Gasteiger partial charge on any atom is -0.225 e. The Morgan fingerprint density at radius 1 is 1.31 bits per heavy atom. The first-order valence-corrected chi connectivity index (χ1v) is 4.93. The highest BCUT2D eigenvalue weighted by atomic mass is 35.5. The van der Waals surface area contributed by atoms with Crippen LogP contribution in [0.25, 0.3) is 0 Å². The molecule has 0 unspecified atom stereocenters.